The van der Waals surface area contributed by atoms with Gasteiger partial charge in [-0.15, -0.1) is 0 Å². The van der Waals surface area contributed by atoms with Crippen LogP contribution < -0.4 is 0 Å². The van der Waals surface area contributed by atoms with E-state index in [4.69, 9.17) is 0 Å². The first kappa shape index (κ1) is 13.8. The first-order valence-corrected chi connectivity index (χ1v) is 6.75. The van der Waals surface area contributed by atoms with E-state index in [9.17, 15) is 5.11 Å². The van der Waals surface area contributed by atoms with Gasteiger partial charge in [0.2, 0.25) is 0 Å². The van der Waals surface area contributed by atoms with E-state index in [2.05, 4.69) is 26.0 Å². The molecule has 100 valence electrons. The number of hydrogen-bond donors (Lipinski definition) is 1. The van der Waals surface area contributed by atoms with Gasteiger partial charge in [0.25, 0.3) is 0 Å². The largest absolute Gasteiger partial charge is 0.385 e. The highest BCUT2D eigenvalue weighted by atomic mass is 16.3. The molecule has 0 amide bonds. The maximum absolute atomic E-state index is 10.8. The topological polar surface area (TPSA) is 20.2 Å². The molecule has 0 saturated carbocycles. The summed E-state index contributed by atoms with van der Waals surface area (Å²) in [6.07, 6.45) is 0.689. The van der Waals surface area contributed by atoms with Gasteiger partial charge in [0.05, 0.1) is 5.60 Å². The van der Waals surface area contributed by atoms with Crippen LogP contribution >= 0.6 is 0 Å². The normalized spacial score (nSPS) is 14.9. The van der Waals surface area contributed by atoms with Crippen LogP contribution in [-0.4, -0.2) is 5.11 Å². The van der Waals surface area contributed by atoms with Crippen molar-refractivity contribution in [1.29, 1.82) is 0 Å². The lowest BCUT2D eigenvalue weighted by Crippen LogP contribution is -2.31. The van der Waals surface area contributed by atoms with Crippen LogP contribution in [0.2, 0.25) is 0 Å². The summed E-state index contributed by atoms with van der Waals surface area (Å²) in [6, 6.07) is 20.3. The van der Waals surface area contributed by atoms with E-state index in [-0.39, 0.29) is 5.41 Å². The van der Waals surface area contributed by atoms with E-state index in [0.29, 0.717) is 6.42 Å². The Morgan fingerprint density at radius 3 is 1.63 bits per heavy atom. The summed E-state index contributed by atoms with van der Waals surface area (Å²) < 4.78 is 0. The molecule has 0 heterocycles. The molecule has 0 fully saturated rings. The zero-order valence-electron chi connectivity index (χ0n) is 11.9. The van der Waals surface area contributed by atoms with Gasteiger partial charge in [-0.1, -0.05) is 74.5 Å². The van der Waals surface area contributed by atoms with E-state index in [0.717, 1.165) is 5.56 Å². The highest BCUT2D eigenvalue weighted by molar-refractivity contribution is 5.27. The number of aliphatic hydroxyl groups is 1. The Labute approximate surface area is 115 Å². The average Bonchev–Trinajstić information content (AvgIpc) is 2.40. The predicted molar refractivity (Wildman–Crippen MR) is 80.1 cm³/mol. The fourth-order valence-electron chi connectivity index (χ4n) is 2.75. The minimum absolute atomic E-state index is 0.0688. The molecule has 0 aliphatic carbocycles. The van der Waals surface area contributed by atoms with Gasteiger partial charge >= 0.3 is 0 Å². The molecule has 0 radical (unpaired) electrons. The van der Waals surface area contributed by atoms with Crippen LogP contribution in [0, 0.1) is 0 Å². The van der Waals surface area contributed by atoms with Crippen LogP contribution in [0.4, 0.5) is 0 Å². The molecule has 1 atom stereocenters. The van der Waals surface area contributed by atoms with Gasteiger partial charge in [-0.3, -0.25) is 0 Å². The number of rotatable bonds is 4. The molecular formula is C18H22O. The lowest BCUT2D eigenvalue weighted by atomic mass is 9.74. The van der Waals surface area contributed by atoms with E-state index in [1.807, 2.05) is 55.5 Å². The number of benzene rings is 2. The third-order valence-electron chi connectivity index (χ3n) is 3.74. The van der Waals surface area contributed by atoms with Crippen molar-refractivity contribution in [3.05, 3.63) is 71.8 Å². The fourth-order valence-corrected chi connectivity index (χ4v) is 2.75. The molecule has 2 aromatic carbocycles. The van der Waals surface area contributed by atoms with Crippen molar-refractivity contribution in [2.45, 2.75) is 38.2 Å². The van der Waals surface area contributed by atoms with Crippen LogP contribution in [0.25, 0.3) is 0 Å². The fraction of sp³-hybridized carbons (Fsp3) is 0.333. The Balaban J connectivity index is 2.25. The Morgan fingerprint density at radius 2 is 1.16 bits per heavy atom. The summed E-state index contributed by atoms with van der Waals surface area (Å²) in [5, 5.41) is 10.8. The minimum atomic E-state index is -0.819. The molecule has 1 N–H and O–H groups in total. The zero-order valence-corrected chi connectivity index (χ0v) is 11.9. The first-order chi connectivity index (χ1) is 8.92. The molecule has 0 spiro atoms. The lowest BCUT2D eigenvalue weighted by molar-refractivity contribution is 0.0275. The van der Waals surface area contributed by atoms with Gasteiger partial charge in [-0.2, -0.15) is 0 Å². The van der Waals surface area contributed by atoms with Gasteiger partial charge in [0.15, 0.2) is 0 Å². The minimum Gasteiger partial charge on any atom is -0.385 e. The molecule has 0 aliphatic rings. The van der Waals surface area contributed by atoms with Crippen molar-refractivity contribution >= 4 is 0 Å². The van der Waals surface area contributed by atoms with E-state index in [1.54, 1.807) is 0 Å². The Morgan fingerprint density at radius 1 is 0.737 bits per heavy atom. The standard InChI is InChI=1S/C18H22O/c1-17(2,15-10-6-4-7-11-15)14-18(3,19)16-12-8-5-9-13-16/h4-13,19H,14H2,1-3H3. The quantitative estimate of drug-likeness (QED) is 0.864. The molecule has 0 saturated heterocycles. The maximum atomic E-state index is 10.8. The molecule has 1 nitrogen and oxygen atoms in total. The highest BCUT2D eigenvalue weighted by Gasteiger charge is 2.32. The molecule has 19 heavy (non-hydrogen) atoms. The molecule has 1 heteroatoms. The average molecular weight is 254 g/mol. The molecule has 0 aromatic heterocycles. The van der Waals surface area contributed by atoms with Crippen LogP contribution in [0.5, 0.6) is 0 Å². The van der Waals surface area contributed by atoms with E-state index >= 15 is 0 Å². The molecule has 1 unspecified atom stereocenters. The van der Waals surface area contributed by atoms with Crippen molar-refractivity contribution in [2.75, 3.05) is 0 Å². The maximum Gasteiger partial charge on any atom is 0.0876 e. The Hall–Kier alpha value is -1.60. The summed E-state index contributed by atoms with van der Waals surface area (Å²) in [6.45, 7) is 6.26. The predicted octanol–water partition coefficient (Wildman–Crippen LogP) is 4.26. The van der Waals surface area contributed by atoms with Gasteiger partial charge in [-0.05, 0) is 29.9 Å². The second kappa shape index (κ2) is 5.18. The zero-order chi connectivity index (χ0) is 13.9. The molecule has 0 bridgehead atoms. The summed E-state index contributed by atoms with van der Waals surface area (Å²) >= 11 is 0. The summed E-state index contributed by atoms with van der Waals surface area (Å²) in [7, 11) is 0. The Bertz CT molecular complexity index is 462. The second-order valence-corrected chi connectivity index (χ2v) is 6.07. The molecule has 2 aromatic rings. The van der Waals surface area contributed by atoms with Gasteiger partial charge in [0.1, 0.15) is 0 Å². The smallest absolute Gasteiger partial charge is 0.0876 e. The Kier molecular flexibility index (Phi) is 3.77. The van der Waals surface area contributed by atoms with Crippen LogP contribution in [0.3, 0.4) is 0 Å². The molecular weight excluding hydrogens is 232 g/mol. The SMILES string of the molecule is CC(C)(CC(C)(O)c1ccccc1)c1ccccc1. The molecule has 0 aliphatic heterocycles. The van der Waals surface area contributed by atoms with Gasteiger partial charge in [0, 0.05) is 0 Å². The number of hydrogen-bond acceptors (Lipinski definition) is 1. The summed E-state index contributed by atoms with van der Waals surface area (Å²) in [4.78, 5) is 0. The van der Waals surface area contributed by atoms with Gasteiger partial charge in [-0.25, -0.2) is 0 Å². The highest BCUT2D eigenvalue weighted by Crippen LogP contribution is 2.37. The van der Waals surface area contributed by atoms with Crippen LogP contribution in [-0.2, 0) is 11.0 Å². The third-order valence-corrected chi connectivity index (χ3v) is 3.74. The lowest BCUT2D eigenvalue weighted by Gasteiger charge is -2.34. The monoisotopic (exact) mass is 254 g/mol. The van der Waals surface area contributed by atoms with Gasteiger partial charge < -0.3 is 5.11 Å². The van der Waals surface area contributed by atoms with Crippen LogP contribution in [0.1, 0.15) is 38.3 Å². The summed E-state index contributed by atoms with van der Waals surface area (Å²) in [5.41, 5.74) is 1.34. The van der Waals surface area contributed by atoms with Crippen LogP contribution in [0.15, 0.2) is 60.7 Å². The van der Waals surface area contributed by atoms with Crippen molar-refractivity contribution < 1.29 is 5.11 Å². The van der Waals surface area contributed by atoms with Crippen molar-refractivity contribution in [3.63, 3.8) is 0 Å². The van der Waals surface area contributed by atoms with Crippen molar-refractivity contribution in [2.24, 2.45) is 0 Å². The first-order valence-electron chi connectivity index (χ1n) is 6.75. The third kappa shape index (κ3) is 3.24. The second-order valence-electron chi connectivity index (χ2n) is 6.07. The van der Waals surface area contributed by atoms with Crippen molar-refractivity contribution in [1.82, 2.24) is 0 Å². The van der Waals surface area contributed by atoms with Crippen molar-refractivity contribution in [3.8, 4) is 0 Å². The van der Waals surface area contributed by atoms with E-state index in [1.165, 1.54) is 5.56 Å². The summed E-state index contributed by atoms with van der Waals surface area (Å²) in [5.74, 6) is 0. The van der Waals surface area contributed by atoms with E-state index < -0.39 is 5.60 Å². The molecule has 2 rings (SSSR count).